The minimum absolute atomic E-state index is 0.0564. The maximum absolute atomic E-state index is 12.7. The summed E-state index contributed by atoms with van der Waals surface area (Å²) in [6.07, 6.45) is 17.0. The maximum Gasteiger partial charge on any atom is 0.139 e. The Kier molecular flexibility index (Phi) is 5.67. The second kappa shape index (κ2) is 8.03. The lowest BCUT2D eigenvalue weighted by Gasteiger charge is -2.62. The van der Waals surface area contributed by atoms with Gasteiger partial charge in [0.2, 0.25) is 0 Å². The number of piperidine rings is 1. The van der Waals surface area contributed by atoms with Crippen molar-refractivity contribution in [1.29, 1.82) is 0 Å². The summed E-state index contributed by atoms with van der Waals surface area (Å²) >= 11 is 0. The second-order valence-electron chi connectivity index (χ2n) is 12.1. The maximum atomic E-state index is 12.7. The number of rotatable bonds is 3. The summed E-state index contributed by atoms with van der Waals surface area (Å²) in [5, 5.41) is 13.9. The van der Waals surface area contributed by atoms with Crippen LogP contribution < -0.4 is 5.32 Å². The molecule has 5 fully saturated rings. The van der Waals surface area contributed by atoms with E-state index in [-0.39, 0.29) is 5.41 Å². The minimum atomic E-state index is -0.0564. The summed E-state index contributed by atoms with van der Waals surface area (Å²) in [6, 6.07) is 0. The second-order valence-corrected chi connectivity index (χ2v) is 12.1. The van der Waals surface area contributed by atoms with Crippen molar-refractivity contribution in [1.82, 2.24) is 5.32 Å². The molecule has 1 aliphatic heterocycles. The number of ketones is 1. The van der Waals surface area contributed by atoms with Gasteiger partial charge in [0.15, 0.2) is 0 Å². The molecule has 1 heterocycles. The zero-order valence-electron chi connectivity index (χ0n) is 19.2. The van der Waals surface area contributed by atoms with Crippen LogP contribution in [-0.2, 0) is 4.79 Å². The molecule has 4 aliphatic carbocycles. The molecule has 1 unspecified atom stereocenters. The Morgan fingerprint density at radius 3 is 2.47 bits per heavy atom. The Hall–Kier alpha value is -0.670. The lowest BCUT2D eigenvalue weighted by molar-refractivity contribution is -0.152. The highest BCUT2D eigenvalue weighted by molar-refractivity contribution is 5.87. The molecule has 8 atom stereocenters. The SMILES string of the molecule is C[C@]12CC[C@@H](C=CC3CCNCC3)CC1[C@@H](CO)C[C@@H]1[C@@H]2CC[C@]2(C)C(=O)CC[C@@H]12. The van der Waals surface area contributed by atoms with Crippen LogP contribution in [0.25, 0.3) is 0 Å². The summed E-state index contributed by atoms with van der Waals surface area (Å²) in [4.78, 5) is 12.7. The van der Waals surface area contributed by atoms with Crippen LogP contribution in [0.3, 0.4) is 0 Å². The third-order valence-electron chi connectivity index (χ3n) is 10.9. The van der Waals surface area contributed by atoms with Crippen molar-refractivity contribution >= 4 is 5.78 Å². The molecule has 2 N–H and O–H groups in total. The smallest absolute Gasteiger partial charge is 0.139 e. The van der Waals surface area contributed by atoms with E-state index < -0.39 is 0 Å². The average Bonchev–Trinajstić information content (AvgIpc) is 3.07. The number of carbonyl (C=O) groups excluding carboxylic acids is 1. The molecule has 3 heteroatoms. The molecule has 30 heavy (non-hydrogen) atoms. The zero-order chi connectivity index (χ0) is 20.9. The van der Waals surface area contributed by atoms with E-state index >= 15 is 0 Å². The van der Waals surface area contributed by atoms with E-state index in [1.807, 2.05) is 0 Å². The largest absolute Gasteiger partial charge is 0.396 e. The lowest BCUT2D eigenvalue weighted by Crippen LogP contribution is -2.56. The van der Waals surface area contributed by atoms with E-state index in [0.29, 0.717) is 47.4 Å². The van der Waals surface area contributed by atoms with Crippen LogP contribution in [0.15, 0.2) is 12.2 Å². The summed E-state index contributed by atoms with van der Waals surface area (Å²) in [7, 11) is 0. The van der Waals surface area contributed by atoms with Gasteiger partial charge in [-0.25, -0.2) is 0 Å². The molecule has 168 valence electrons. The van der Waals surface area contributed by atoms with Crippen molar-refractivity contribution in [2.75, 3.05) is 19.7 Å². The van der Waals surface area contributed by atoms with E-state index in [2.05, 4.69) is 31.3 Å². The van der Waals surface area contributed by atoms with Gasteiger partial charge in [-0.1, -0.05) is 26.0 Å². The molecule has 0 spiro atoms. The van der Waals surface area contributed by atoms with Crippen LogP contribution in [0.5, 0.6) is 0 Å². The summed E-state index contributed by atoms with van der Waals surface area (Å²) in [6.45, 7) is 7.51. The summed E-state index contributed by atoms with van der Waals surface area (Å²) in [5.41, 5.74) is 0.307. The highest BCUT2D eigenvalue weighted by atomic mass is 16.3. The molecule has 3 nitrogen and oxygen atoms in total. The first-order chi connectivity index (χ1) is 14.5. The molecule has 0 aromatic heterocycles. The van der Waals surface area contributed by atoms with Crippen LogP contribution in [0.2, 0.25) is 0 Å². The van der Waals surface area contributed by atoms with Crippen LogP contribution in [0, 0.1) is 52.3 Å². The number of aliphatic hydroxyl groups is 1. The van der Waals surface area contributed by atoms with Gasteiger partial charge in [-0.05, 0) is 118 Å². The molecule has 0 aromatic carbocycles. The van der Waals surface area contributed by atoms with Crippen LogP contribution in [-0.4, -0.2) is 30.6 Å². The fourth-order valence-corrected chi connectivity index (χ4v) is 9.03. The number of carbonyl (C=O) groups is 1. The quantitative estimate of drug-likeness (QED) is 0.641. The monoisotopic (exact) mass is 413 g/mol. The number of fused-ring (bicyclic) bond motifs is 5. The van der Waals surface area contributed by atoms with Crippen molar-refractivity contribution in [2.45, 2.75) is 78.1 Å². The molecular weight excluding hydrogens is 370 g/mol. The topological polar surface area (TPSA) is 49.3 Å². The van der Waals surface area contributed by atoms with E-state index in [0.717, 1.165) is 31.1 Å². The number of Topliss-reactive ketones (excluding diaryl/α,β-unsaturated/α-hetero) is 1. The molecular formula is C27H43NO2. The van der Waals surface area contributed by atoms with Crippen LogP contribution in [0.1, 0.15) is 78.1 Å². The number of nitrogens with one attached hydrogen (secondary N) is 1. The molecule has 5 rings (SSSR count). The summed E-state index contributed by atoms with van der Waals surface area (Å²) < 4.78 is 0. The van der Waals surface area contributed by atoms with E-state index in [9.17, 15) is 9.90 Å². The molecule has 0 aromatic rings. The van der Waals surface area contributed by atoms with E-state index in [1.54, 1.807) is 0 Å². The Bertz CT molecular complexity index is 682. The van der Waals surface area contributed by atoms with Gasteiger partial charge in [-0.15, -0.1) is 0 Å². The molecule has 4 saturated carbocycles. The van der Waals surface area contributed by atoms with Crippen molar-refractivity contribution in [3.05, 3.63) is 12.2 Å². The van der Waals surface area contributed by atoms with Crippen molar-refractivity contribution in [2.24, 2.45) is 52.3 Å². The van der Waals surface area contributed by atoms with E-state index in [1.165, 1.54) is 58.0 Å². The number of hydrogen-bond acceptors (Lipinski definition) is 3. The lowest BCUT2D eigenvalue weighted by atomic mass is 9.42. The first kappa shape index (κ1) is 21.2. The fraction of sp³-hybridized carbons (Fsp3) is 0.889. The van der Waals surface area contributed by atoms with Crippen molar-refractivity contribution < 1.29 is 9.90 Å². The zero-order valence-corrected chi connectivity index (χ0v) is 19.2. The van der Waals surface area contributed by atoms with Crippen LogP contribution >= 0.6 is 0 Å². The molecule has 5 aliphatic rings. The Morgan fingerprint density at radius 1 is 0.933 bits per heavy atom. The molecule has 0 amide bonds. The highest BCUT2D eigenvalue weighted by Crippen LogP contribution is 2.67. The predicted octanol–water partition coefficient (Wildman–Crippen LogP) is 4.99. The molecule has 0 radical (unpaired) electrons. The van der Waals surface area contributed by atoms with Gasteiger partial charge in [0.1, 0.15) is 5.78 Å². The molecule has 0 bridgehead atoms. The third kappa shape index (κ3) is 3.34. The number of aliphatic hydroxyl groups excluding tert-OH is 1. The van der Waals surface area contributed by atoms with Crippen molar-refractivity contribution in [3.63, 3.8) is 0 Å². The third-order valence-corrected chi connectivity index (χ3v) is 10.9. The highest BCUT2D eigenvalue weighted by Gasteiger charge is 2.61. The van der Waals surface area contributed by atoms with Crippen LogP contribution in [0.4, 0.5) is 0 Å². The first-order valence-corrected chi connectivity index (χ1v) is 13.0. The number of hydrogen-bond donors (Lipinski definition) is 2. The fourth-order valence-electron chi connectivity index (χ4n) is 9.03. The number of allylic oxidation sites excluding steroid dienone is 2. The van der Waals surface area contributed by atoms with Gasteiger partial charge in [0.05, 0.1) is 0 Å². The van der Waals surface area contributed by atoms with Gasteiger partial charge in [-0.2, -0.15) is 0 Å². The normalized spacial score (nSPS) is 49.6. The Morgan fingerprint density at radius 2 is 1.70 bits per heavy atom. The Labute approximate surface area is 183 Å². The van der Waals surface area contributed by atoms with Crippen molar-refractivity contribution in [3.8, 4) is 0 Å². The van der Waals surface area contributed by atoms with E-state index in [4.69, 9.17) is 0 Å². The van der Waals surface area contributed by atoms with Gasteiger partial charge >= 0.3 is 0 Å². The predicted molar refractivity (Wildman–Crippen MR) is 121 cm³/mol. The average molecular weight is 414 g/mol. The van der Waals surface area contributed by atoms with Gasteiger partial charge < -0.3 is 10.4 Å². The van der Waals surface area contributed by atoms with Gasteiger partial charge in [-0.3, -0.25) is 4.79 Å². The first-order valence-electron chi connectivity index (χ1n) is 13.0. The van der Waals surface area contributed by atoms with Gasteiger partial charge in [0.25, 0.3) is 0 Å². The standard InChI is InChI=1S/C27H43NO2/c1-26-11-7-19(4-3-18-9-13-28-14-10-18)15-24(26)20(17-29)16-21-22-5-6-25(30)27(22,2)12-8-23(21)26/h3-4,18-24,28-29H,5-17H2,1-2H3/t19-,20-,21+,22+,23+,24?,26-,27+/m1/s1. The van der Waals surface area contributed by atoms with Gasteiger partial charge in [0, 0.05) is 18.4 Å². The summed E-state index contributed by atoms with van der Waals surface area (Å²) in [5.74, 6) is 5.09. The Balaban J connectivity index is 1.34. The molecule has 1 saturated heterocycles. The minimum Gasteiger partial charge on any atom is -0.396 e.